The topological polar surface area (TPSA) is 130 Å². The normalized spacial score (nSPS) is 18.7. The molecule has 5 rings (SSSR count). The fourth-order valence-corrected chi connectivity index (χ4v) is 5.90. The number of nitrogens with zero attached hydrogens (tertiary/aromatic N) is 3. The van der Waals surface area contributed by atoms with E-state index in [0.29, 0.717) is 17.9 Å². The number of ketones is 1. The fraction of sp³-hybridized carbons (Fsp3) is 0.387. The molecule has 3 aromatic rings. The summed E-state index contributed by atoms with van der Waals surface area (Å²) in [5, 5.41) is 7.28. The summed E-state index contributed by atoms with van der Waals surface area (Å²) in [6, 6.07) is 13.5. The number of rotatable bonds is 12. The van der Waals surface area contributed by atoms with Crippen molar-refractivity contribution in [3.63, 3.8) is 0 Å². The second-order valence-electron chi connectivity index (χ2n) is 10.4. The molecule has 0 aliphatic carbocycles. The van der Waals surface area contributed by atoms with Gasteiger partial charge in [-0.05, 0) is 23.3 Å². The SMILES string of the molecule is CCC(=O)c1csc(NC(=O)[C@H]([C@@H](C)c2ccccc2)N2C(=O)NC(c3ccc(OCCN4CCOCC4)cc3)C2=O)n1. The first-order chi connectivity index (χ1) is 20.9. The third-order valence-corrected chi connectivity index (χ3v) is 8.41. The first-order valence-corrected chi connectivity index (χ1v) is 15.2. The van der Waals surface area contributed by atoms with Gasteiger partial charge in [0.05, 0.1) is 13.2 Å². The summed E-state index contributed by atoms with van der Waals surface area (Å²) < 4.78 is 11.3. The Morgan fingerprint density at radius 2 is 1.84 bits per heavy atom. The largest absolute Gasteiger partial charge is 0.492 e. The Labute approximate surface area is 254 Å². The second kappa shape index (κ2) is 13.9. The quantitative estimate of drug-likeness (QED) is 0.235. The molecule has 226 valence electrons. The smallest absolute Gasteiger partial charge is 0.325 e. The monoisotopic (exact) mass is 605 g/mol. The molecule has 2 aliphatic heterocycles. The van der Waals surface area contributed by atoms with E-state index in [1.807, 2.05) is 30.3 Å². The number of ether oxygens (including phenoxy) is 2. The van der Waals surface area contributed by atoms with Crippen LogP contribution in [0.5, 0.6) is 5.75 Å². The van der Waals surface area contributed by atoms with Crippen molar-refractivity contribution in [3.8, 4) is 5.75 Å². The number of aromatic nitrogens is 1. The van der Waals surface area contributed by atoms with Gasteiger partial charge in [-0.25, -0.2) is 14.7 Å². The van der Waals surface area contributed by atoms with Gasteiger partial charge >= 0.3 is 6.03 Å². The third-order valence-electron chi connectivity index (χ3n) is 7.65. The lowest BCUT2D eigenvalue weighted by atomic mass is 9.91. The number of hydrogen-bond acceptors (Lipinski definition) is 9. The molecule has 3 heterocycles. The van der Waals surface area contributed by atoms with Crippen molar-refractivity contribution < 1.29 is 28.7 Å². The molecule has 2 fully saturated rings. The second-order valence-corrected chi connectivity index (χ2v) is 11.3. The van der Waals surface area contributed by atoms with Crippen LogP contribution >= 0.6 is 11.3 Å². The zero-order valence-electron chi connectivity index (χ0n) is 24.2. The van der Waals surface area contributed by atoms with E-state index in [0.717, 1.165) is 54.6 Å². The van der Waals surface area contributed by atoms with Gasteiger partial charge in [0.25, 0.3) is 5.91 Å². The van der Waals surface area contributed by atoms with Crippen LogP contribution in [0.25, 0.3) is 0 Å². The highest BCUT2D eigenvalue weighted by Gasteiger charge is 2.47. The Morgan fingerprint density at radius 3 is 2.53 bits per heavy atom. The molecule has 2 saturated heterocycles. The molecule has 0 spiro atoms. The number of Topliss-reactive ketones (excluding diaryl/α,β-unsaturated/α-hetero) is 1. The first kappa shape index (κ1) is 30.3. The van der Waals surface area contributed by atoms with Gasteiger partial charge in [0.1, 0.15) is 30.1 Å². The number of imide groups is 1. The average Bonchev–Trinajstić information content (AvgIpc) is 3.62. The predicted molar refractivity (Wildman–Crippen MR) is 161 cm³/mol. The molecule has 12 heteroatoms. The lowest BCUT2D eigenvalue weighted by molar-refractivity contribution is -0.134. The highest BCUT2D eigenvalue weighted by molar-refractivity contribution is 7.14. The third kappa shape index (κ3) is 7.10. The summed E-state index contributed by atoms with van der Waals surface area (Å²) in [4.78, 5) is 60.4. The minimum absolute atomic E-state index is 0.142. The van der Waals surface area contributed by atoms with Crippen molar-refractivity contribution in [1.82, 2.24) is 20.1 Å². The van der Waals surface area contributed by atoms with Crippen molar-refractivity contribution in [2.45, 2.75) is 38.3 Å². The Morgan fingerprint density at radius 1 is 1.12 bits per heavy atom. The number of urea groups is 1. The highest BCUT2D eigenvalue weighted by Crippen LogP contribution is 2.32. The lowest BCUT2D eigenvalue weighted by Gasteiger charge is -2.29. The van der Waals surface area contributed by atoms with Crippen molar-refractivity contribution >= 4 is 40.1 Å². The van der Waals surface area contributed by atoms with E-state index in [9.17, 15) is 19.2 Å². The van der Waals surface area contributed by atoms with Gasteiger partial charge < -0.3 is 20.1 Å². The van der Waals surface area contributed by atoms with E-state index in [1.54, 1.807) is 43.5 Å². The average molecular weight is 606 g/mol. The van der Waals surface area contributed by atoms with E-state index in [4.69, 9.17) is 9.47 Å². The van der Waals surface area contributed by atoms with Gasteiger partial charge in [0.15, 0.2) is 10.9 Å². The molecule has 4 amide bonds. The maximum absolute atomic E-state index is 13.8. The van der Waals surface area contributed by atoms with E-state index < -0.39 is 35.8 Å². The van der Waals surface area contributed by atoms with Crippen molar-refractivity contribution in [2.75, 3.05) is 44.8 Å². The van der Waals surface area contributed by atoms with Crippen LogP contribution in [0.4, 0.5) is 9.93 Å². The highest BCUT2D eigenvalue weighted by atomic mass is 32.1. The Bertz CT molecular complexity index is 1440. The maximum atomic E-state index is 13.8. The maximum Gasteiger partial charge on any atom is 0.325 e. The van der Waals surface area contributed by atoms with Crippen molar-refractivity contribution in [1.29, 1.82) is 0 Å². The summed E-state index contributed by atoms with van der Waals surface area (Å²) in [5.41, 5.74) is 1.63. The summed E-state index contributed by atoms with van der Waals surface area (Å²) in [5.74, 6) is -1.13. The Kier molecular flexibility index (Phi) is 9.80. The number of anilines is 1. The molecule has 0 bridgehead atoms. The number of benzene rings is 2. The molecule has 2 aliphatic rings. The van der Waals surface area contributed by atoms with Crippen LogP contribution in [0.15, 0.2) is 60.0 Å². The van der Waals surface area contributed by atoms with Crippen LogP contribution in [-0.2, 0) is 14.3 Å². The van der Waals surface area contributed by atoms with Crippen molar-refractivity contribution in [2.24, 2.45) is 0 Å². The van der Waals surface area contributed by atoms with Crippen LogP contribution in [0.3, 0.4) is 0 Å². The van der Waals surface area contributed by atoms with Crippen LogP contribution in [0.2, 0.25) is 0 Å². The standard InChI is InChI=1S/C31H35N5O6S/c1-3-25(37)24-19-43-30(32-24)34-28(38)27(20(2)21-7-5-4-6-8-21)36-29(39)26(33-31(36)40)22-9-11-23(12-10-22)42-18-15-35-13-16-41-17-14-35/h4-12,19-20,26-27H,3,13-18H2,1-2H3,(H,33,40)(H,32,34,38)/t20-,26?,27-/m0/s1. The van der Waals surface area contributed by atoms with E-state index in [-0.39, 0.29) is 23.0 Å². The molecule has 0 saturated carbocycles. The number of thiazole rings is 1. The fourth-order valence-electron chi connectivity index (χ4n) is 5.18. The van der Waals surface area contributed by atoms with Gasteiger partial charge in [0, 0.05) is 37.4 Å². The van der Waals surface area contributed by atoms with Crippen LogP contribution in [0, 0.1) is 0 Å². The minimum Gasteiger partial charge on any atom is -0.492 e. The lowest BCUT2D eigenvalue weighted by Crippen LogP contribution is -2.50. The van der Waals surface area contributed by atoms with Gasteiger partial charge in [-0.2, -0.15) is 0 Å². The van der Waals surface area contributed by atoms with Crippen LogP contribution in [-0.4, -0.2) is 83.9 Å². The number of carbonyl (C=O) groups excluding carboxylic acids is 4. The molecule has 1 unspecified atom stereocenters. The summed E-state index contributed by atoms with van der Waals surface area (Å²) in [7, 11) is 0. The minimum atomic E-state index is -1.17. The van der Waals surface area contributed by atoms with Crippen LogP contribution in [0.1, 0.15) is 53.8 Å². The van der Waals surface area contributed by atoms with E-state index in [2.05, 4.69) is 20.5 Å². The molecular weight excluding hydrogens is 570 g/mol. The molecule has 2 aromatic carbocycles. The molecule has 3 atom stereocenters. The summed E-state index contributed by atoms with van der Waals surface area (Å²) in [6.07, 6.45) is 0.288. The summed E-state index contributed by atoms with van der Waals surface area (Å²) >= 11 is 1.11. The first-order valence-electron chi connectivity index (χ1n) is 14.4. The number of carbonyl (C=O) groups is 4. The molecule has 11 nitrogen and oxygen atoms in total. The van der Waals surface area contributed by atoms with Gasteiger partial charge in [-0.1, -0.05) is 56.3 Å². The Balaban J connectivity index is 1.31. The van der Waals surface area contributed by atoms with Crippen molar-refractivity contribution in [3.05, 3.63) is 76.8 Å². The van der Waals surface area contributed by atoms with Crippen LogP contribution < -0.4 is 15.4 Å². The van der Waals surface area contributed by atoms with Gasteiger partial charge in [-0.3, -0.25) is 19.3 Å². The van der Waals surface area contributed by atoms with E-state index >= 15 is 0 Å². The molecule has 0 radical (unpaired) electrons. The number of amides is 4. The number of nitrogens with one attached hydrogen (secondary N) is 2. The zero-order chi connectivity index (χ0) is 30.3. The molecular formula is C31H35N5O6S. The Hall–Kier alpha value is -4.13. The molecule has 1 aromatic heterocycles. The number of hydrogen-bond donors (Lipinski definition) is 2. The zero-order valence-corrected chi connectivity index (χ0v) is 25.0. The van der Waals surface area contributed by atoms with Gasteiger partial charge in [0.2, 0.25) is 5.91 Å². The van der Waals surface area contributed by atoms with Gasteiger partial charge in [-0.15, -0.1) is 11.3 Å². The summed E-state index contributed by atoms with van der Waals surface area (Å²) in [6.45, 7) is 8.06. The molecule has 2 N–H and O–H groups in total. The van der Waals surface area contributed by atoms with E-state index in [1.165, 1.54) is 0 Å². The predicted octanol–water partition coefficient (Wildman–Crippen LogP) is 3.85. The number of morpholine rings is 1. The molecule has 43 heavy (non-hydrogen) atoms.